The number of hydrogen-bond donors (Lipinski definition) is 1. The Morgan fingerprint density at radius 1 is 1.11 bits per heavy atom. The molecule has 0 aliphatic carbocycles. The first kappa shape index (κ1) is 15.5. The number of hydrogen-bond acceptors (Lipinski definition) is 2. The highest BCUT2D eigenvalue weighted by Gasteiger charge is 2.24. The minimum absolute atomic E-state index is 0.171. The second kappa shape index (κ2) is 9.37. The van der Waals surface area contributed by atoms with Gasteiger partial charge in [0.1, 0.15) is 0 Å². The fourth-order valence-corrected chi connectivity index (χ4v) is 2.63. The minimum Gasteiger partial charge on any atom is -0.341 e. The molecule has 1 fully saturated rings. The first-order valence-corrected chi connectivity index (χ1v) is 7.80. The van der Waals surface area contributed by atoms with Crippen LogP contribution in [-0.2, 0) is 4.79 Å². The second-order valence-corrected chi connectivity index (χ2v) is 5.55. The third-order valence-corrected chi connectivity index (χ3v) is 3.85. The van der Waals surface area contributed by atoms with E-state index < -0.39 is 0 Å². The van der Waals surface area contributed by atoms with Gasteiger partial charge in [0.25, 0.3) is 0 Å². The number of carbonyl (C=O) groups is 1. The van der Waals surface area contributed by atoms with Gasteiger partial charge >= 0.3 is 0 Å². The molecule has 1 heterocycles. The van der Waals surface area contributed by atoms with E-state index in [2.05, 4.69) is 6.92 Å². The van der Waals surface area contributed by atoms with Gasteiger partial charge in [-0.3, -0.25) is 4.79 Å². The fraction of sp³-hybridized carbons (Fsp3) is 0.933. The maximum absolute atomic E-state index is 11.8. The lowest BCUT2D eigenvalue weighted by molar-refractivity contribution is -0.134. The summed E-state index contributed by atoms with van der Waals surface area (Å²) in [6, 6.07) is -0.229. The van der Waals surface area contributed by atoms with E-state index in [0.29, 0.717) is 0 Å². The summed E-state index contributed by atoms with van der Waals surface area (Å²) in [6.07, 6.45) is 12.5. The van der Waals surface area contributed by atoms with E-state index >= 15 is 0 Å². The molecule has 0 aromatic carbocycles. The van der Waals surface area contributed by atoms with Crippen molar-refractivity contribution in [2.24, 2.45) is 5.73 Å². The highest BCUT2D eigenvalue weighted by Crippen LogP contribution is 2.12. The van der Waals surface area contributed by atoms with Crippen molar-refractivity contribution in [3.63, 3.8) is 0 Å². The van der Waals surface area contributed by atoms with Crippen LogP contribution in [0.15, 0.2) is 0 Å². The minimum atomic E-state index is -0.229. The number of nitrogens with zero attached hydrogens (tertiary/aromatic N) is 1. The molecular formula is C15H30N2O. The van der Waals surface area contributed by atoms with Crippen molar-refractivity contribution in [3.8, 4) is 0 Å². The van der Waals surface area contributed by atoms with Gasteiger partial charge in [0, 0.05) is 13.1 Å². The van der Waals surface area contributed by atoms with Gasteiger partial charge in [-0.05, 0) is 19.3 Å². The molecule has 1 atom stereocenters. The predicted octanol–water partition coefficient (Wildman–Crippen LogP) is 3.08. The summed E-state index contributed by atoms with van der Waals surface area (Å²) in [5.41, 5.74) is 5.78. The Labute approximate surface area is 112 Å². The van der Waals surface area contributed by atoms with E-state index in [1.165, 1.54) is 44.9 Å². The lowest BCUT2D eigenvalue weighted by Gasteiger charge is -2.30. The highest BCUT2D eigenvalue weighted by atomic mass is 16.2. The lowest BCUT2D eigenvalue weighted by Crippen LogP contribution is -2.48. The molecule has 0 saturated carbocycles. The van der Waals surface area contributed by atoms with Gasteiger partial charge in [-0.1, -0.05) is 51.9 Å². The largest absolute Gasteiger partial charge is 0.341 e. The zero-order valence-corrected chi connectivity index (χ0v) is 12.0. The summed E-state index contributed by atoms with van der Waals surface area (Å²) in [4.78, 5) is 13.7. The quantitative estimate of drug-likeness (QED) is 0.643. The average molecular weight is 254 g/mol. The number of piperidine rings is 1. The van der Waals surface area contributed by atoms with Crippen LogP contribution in [0.5, 0.6) is 0 Å². The molecule has 1 unspecified atom stereocenters. The molecule has 2 N–H and O–H groups in total. The lowest BCUT2D eigenvalue weighted by atomic mass is 10.0. The topological polar surface area (TPSA) is 46.3 Å². The maximum Gasteiger partial charge on any atom is 0.239 e. The summed E-state index contributed by atoms with van der Waals surface area (Å²) in [5.74, 6) is 0.171. The van der Waals surface area contributed by atoms with Gasteiger partial charge in [0.2, 0.25) is 5.91 Å². The molecule has 0 aromatic rings. The molecule has 1 saturated heterocycles. The van der Waals surface area contributed by atoms with Crippen LogP contribution in [0.25, 0.3) is 0 Å². The van der Waals surface area contributed by atoms with E-state index in [4.69, 9.17) is 5.73 Å². The smallest absolute Gasteiger partial charge is 0.239 e. The molecule has 0 aromatic heterocycles. The van der Waals surface area contributed by atoms with Crippen molar-refractivity contribution in [2.45, 2.75) is 77.2 Å². The van der Waals surface area contributed by atoms with E-state index in [1.54, 1.807) is 0 Å². The first-order chi connectivity index (χ1) is 8.75. The van der Waals surface area contributed by atoms with Crippen molar-refractivity contribution in [1.29, 1.82) is 0 Å². The van der Waals surface area contributed by atoms with Crippen LogP contribution in [0.1, 0.15) is 71.1 Å². The molecule has 18 heavy (non-hydrogen) atoms. The van der Waals surface area contributed by atoms with Crippen molar-refractivity contribution in [3.05, 3.63) is 0 Å². The standard InChI is InChI=1S/C15H30N2O/c1-2-3-4-5-6-7-8-9-12-17-13-10-11-14(16)15(17)18/h14H,2-13,16H2,1H3. The third-order valence-electron chi connectivity index (χ3n) is 3.85. The molecule has 0 spiro atoms. The normalized spacial score (nSPS) is 20.4. The van der Waals surface area contributed by atoms with Gasteiger partial charge in [0.15, 0.2) is 0 Å². The van der Waals surface area contributed by atoms with E-state index in [-0.39, 0.29) is 11.9 Å². The zero-order chi connectivity index (χ0) is 13.2. The molecule has 1 aliphatic heterocycles. The van der Waals surface area contributed by atoms with Crippen molar-refractivity contribution in [1.82, 2.24) is 4.90 Å². The summed E-state index contributed by atoms with van der Waals surface area (Å²) < 4.78 is 0. The SMILES string of the molecule is CCCCCCCCCCN1CCCC(N)C1=O. The highest BCUT2D eigenvalue weighted by molar-refractivity contribution is 5.82. The summed E-state index contributed by atoms with van der Waals surface area (Å²) in [6.45, 7) is 4.09. The van der Waals surface area contributed by atoms with Crippen LogP contribution in [-0.4, -0.2) is 29.9 Å². The van der Waals surface area contributed by atoms with Crippen LogP contribution in [0.3, 0.4) is 0 Å². The first-order valence-electron chi connectivity index (χ1n) is 7.80. The Morgan fingerprint density at radius 2 is 1.72 bits per heavy atom. The number of carbonyl (C=O) groups excluding carboxylic acids is 1. The van der Waals surface area contributed by atoms with Gasteiger partial charge in [-0.25, -0.2) is 0 Å². The van der Waals surface area contributed by atoms with Gasteiger partial charge < -0.3 is 10.6 Å². The Bertz CT molecular complexity index is 231. The maximum atomic E-state index is 11.8. The zero-order valence-electron chi connectivity index (χ0n) is 12.0. The van der Waals surface area contributed by atoms with Crippen LogP contribution >= 0.6 is 0 Å². The van der Waals surface area contributed by atoms with Crippen LogP contribution in [0.2, 0.25) is 0 Å². The van der Waals surface area contributed by atoms with E-state index in [1.807, 2.05) is 4.90 Å². The predicted molar refractivity (Wildman–Crippen MR) is 76.4 cm³/mol. The number of nitrogens with two attached hydrogens (primary N) is 1. The van der Waals surface area contributed by atoms with Crippen molar-refractivity contribution >= 4 is 5.91 Å². The van der Waals surface area contributed by atoms with Crippen molar-refractivity contribution < 1.29 is 4.79 Å². The fourth-order valence-electron chi connectivity index (χ4n) is 2.63. The Balaban J connectivity index is 1.95. The Morgan fingerprint density at radius 3 is 2.39 bits per heavy atom. The van der Waals surface area contributed by atoms with Crippen molar-refractivity contribution in [2.75, 3.05) is 13.1 Å². The average Bonchev–Trinajstić information content (AvgIpc) is 2.37. The summed E-state index contributed by atoms with van der Waals surface area (Å²) in [7, 11) is 0. The van der Waals surface area contributed by atoms with E-state index in [9.17, 15) is 4.79 Å². The van der Waals surface area contributed by atoms with Crippen LogP contribution in [0, 0.1) is 0 Å². The Hall–Kier alpha value is -0.570. The molecule has 0 bridgehead atoms. The number of likely N-dealkylation sites (tertiary alicyclic amines) is 1. The van der Waals surface area contributed by atoms with Gasteiger partial charge in [-0.15, -0.1) is 0 Å². The van der Waals surface area contributed by atoms with E-state index in [0.717, 1.165) is 32.4 Å². The number of amides is 1. The van der Waals surface area contributed by atoms with Crippen LogP contribution in [0.4, 0.5) is 0 Å². The molecule has 106 valence electrons. The molecule has 3 heteroatoms. The van der Waals surface area contributed by atoms with Gasteiger partial charge in [-0.2, -0.15) is 0 Å². The molecule has 1 amide bonds. The molecule has 3 nitrogen and oxygen atoms in total. The summed E-state index contributed by atoms with van der Waals surface area (Å²) >= 11 is 0. The Kier molecular flexibility index (Phi) is 8.06. The molecule has 0 radical (unpaired) electrons. The number of unbranched alkanes of at least 4 members (excludes halogenated alkanes) is 7. The molecule has 1 rings (SSSR count). The third kappa shape index (κ3) is 5.85. The molecule has 1 aliphatic rings. The number of rotatable bonds is 9. The molecular weight excluding hydrogens is 224 g/mol. The monoisotopic (exact) mass is 254 g/mol. The van der Waals surface area contributed by atoms with Crippen LogP contribution < -0.4 is 5.73 Å². The second-order valence-electron chi connectivity index (χ2n) is 5.55. The van der Waals surface area contributed by atoms with Gasteiger partial charge in [0.05, 0.1) is 6.04 Å². The summed E-state index contributed by atoms with van der Waals surface area (Å²) in [5, 5.41) is 0.